The Morgan fingerprint density at radius 3 is 2.50 bits per heavy atom. The maximum absolute atomic E-state index is 11.5. The molecule has 0 bridgehead atoms. The van der Waals surface area contributed by atoms with E-state index in [4.69, 9.17) is 10.8 Å². The molecule has 0 spiro atoms. The summed E-state index contributed by atoms with van der Waals surface area (Å²) in [5.41, 5.74) is 5.44. The van der Waals surface area contributed by atoms with Crippen LogP contribution in [0.15, 0.2) is 0 Å². The molecule has 0 aromatic rings. The maximum atomic E-state index is 11.5. The van der Waals surface area contributed by atoms with Crippen LogP contribution in [0.4, 0.5) is 0 Å². The van der Waals surface area contributed by atoms with E-state index in [0.29, 0.717) is 25.9 Å². The van der Waals surface area contributed by atoms with Crippen molar-refractivity contribution in [1.82, 2.24) is 5.32 Å². The molecule has 0 radical (unpaired) electrons. The monoisotopic (exact) mass is 230 g/mol. The van der Waals surface area contributed by atoms with Crippen LogP contribution in [0.1, 0.15) is 33.1 Å². The van der Waals surface area contributed by atoms with Gasteiger partial charge in [0.05, 0.1) is 5.92 Å². The summed E-state index contributed by atoms with van der Waals surface area (Å²) in [6.45, 7) is 4.46. The van der Waals surface area contributed by atoms with Crippen LogP contribution in [-0.2, 0) is 9.59 Å². The van der Waals surface area contributed by atoms with Gasteiger partial charge in [-0.1, -0.05) is 13.8 Å². The van der Waals surface area contributed by atoms with E-state index < -0.39 is 5.97 Å². The lowest BCUT2D eigenvalue weighted by Gasteiger charge is -2.13. The molecule has 2 unspecified atom stereocenters. The standard InChI is InChI=1S/C11H22N2O3/c1-3-9(7-12)10(14)13-6-4-5-8(2)11(15)16/h8-9H,3-7,12H2,1-2H3,(H,13,14)(H,15,16). The van der Waals surface area contributed by atoms with E-state index in [1.165, 1.54) is 0 Å². The SMILES string of the molecule is CCC(CN)C(=O)NCCCC(C)C(=O)O. The van der Waals surface area contributed by atoms with E-state index in [9.17, 15) is 9.59 Å². The molecule has 5 heteroatoms. The first-order valence-corrected chi connectivity index (χ1v) is 5.73. The number of hydrogen-bond donors (Lipinski definition) is 3. The van der Waals surface area contributed by atoms with Gasteiger partial charge in [-0.05, 0) is 19.3 Å². The number of amides is 1. The van der Waals surface area contributed by atoms with Crippen molar-refractivity contribution >= 4 is 11.9 Å². The van der Waals surface area contributed by atoms with Gasteiger partial charge >= 0.3 is 5.97 Å². The molecule has 4 N–H and O–H groups in total. The average molecular weight is 230 g/mol. The first-order valence-electron chi connectivity index (χ1n) is 5.73. The van der Waals surface area contributed by atoms with E-state index in [1.807, 2.05) is 6.92 Å². The lowest BCUT2D eigenvalue weighted by atomic mass is 10.0. The molecule has 0 rings (SSSR count). The summed E-state index contributed by atoms with van der Waals surface area (Å²) >= 11 is 0. The number of aliphatic carboxylic acids is 1. The third kappa shape index (κ3) is 5.70. The molecule has 5 nitrogen and oxygen atoms in total. The van der Waals surface area contributed by atoms with Crippen molar-refractivity contribution in [3.8, 4) is 0 Å². The number of rotatable bonds is 8. The predicted molar refractivity (Wildman–Crippen MR) is 61.9 cm³/mol. The summed E-state index contributed by atoms with van der Waals surface area (Å²) in [7, 11) is 0. The fraction of sp³-hybridized carbons (Fsp3) is 0.818. The van der Waals surface area contributed by atoms with Crippen LogP contribution in [0.25, 0.3) is 0 Å². The topological polar surface area (TPSA) is 92.4 Å². The van der Waals surface area contributed by atoms with Gasteiger partial charge in [-0.25, -0.2) is 0 Å². The molecule has 0 aromatic carbocycles. The van der Waals surface area contributed by atoms with Crippen LogP contribution < -0.4 is 11.1 Å². The maximum Gasteiger partial charge on any atom is 0.306 e. The lowest BCUT2D eigenvalue weighted by molar-refractivity contribution is -0.141. The van der Waals surface area contributed by atoms with Crippen molar-refractivity contribution in [2.75, 3.05) is 13.1 Å². The zero-order chi connectivity index (χ0) is 12.6. The Kier molecular flexibility index (Phi) is 7.54. The number of carbonyl (C=O) groups excluding carboxylic acids is 1. The summed E-state index contributed by atoms with van der Waals surface area (Å²) in [6.07, 6.45) is 1.99. The third-order valence-corrected chi connectivity index (χ3v) is 2.68. The molecule has 0 heterocycles. The Labute approximate surface area is 96.4 Å². The van der Waals surface area contributed by atoms with Crippen LogP contribution in [0.3, 0.4) is 0 Å². The number of nitrogens with two attached hydrogens (primary N) is 1. The summed E-state index contributed by atoms with van der Waals surface area (Å²) < 4.78 is 0. The summed E-state index contributed by atoms with van der Waals surface area (Å²) in [4.78, 5) is 22.0. The highest BCUT2D eigenvalue weighted by Gasteiger charge is 2.14. The Morgan fingerprint density at radius 2 is 2.06 bits per heavy atom. The molecule has 16 heavy (non-hydrogen) atoms. The largest absolute Gasteiger partial charge is 0.481 e. The third-order valence-electron chi connectivity index (χ3n) is 2.68. The molecular formula is C11H22N2O3. The highest BCUT2D eigenvalue weighted by atomic mass is 16.4. The van der Waals surface area contributed by atoms with E-state index in [-0.39, 0.29) is 17.7 Å². The molecule has 94 valence electrons. The molecule has 0 aromatic heterocycles. The van der Waals surface area contributed by atoms with Crippen molar-refractivity contribution in [1.29, 1.82) is 0 Å². The predicted octanol–water partition coefficient (Wildman–Crippen LogP) is 0.588. The Balaban J connectivity index is 3.66. The normalized spacial score (nSPS) is 14.2. The van der Waals surface area contributed by atoms with Gasteiger partial charge in [0.15, 0.2) is 0 Å². The minimum atomic E-state index is -0.792. The van der Waals surface area contributed by atoms with Crippen LogP contribution in [0, 0.1) is 11.8 Å². The number of carbonyl (C=O) groups is 2. The number of hydrogen-bond acceptors (Lipinski definition) is 3. The minimum absolute atomic E-state index is 0.0343. The van der Waals surface area contributed by atoms with Crippen molar-refractivity contribution in [3.63, 3.8) is 0 Å². The molecule has 0 aliphatic rings. The number of carboxylic acids is 1. The minimum Gasteiger partial charge on any atom is -0.481 e. The van der Waals surface area contributed by atoms with Crippen molar-refractivity contribution in [2.45, 2.75) is 33.1 Å². The van der Waals surface area contributed by atoms with Gasteiger partial charge in [-0.15, -0.1) is 0 Å². The van der Waals surface area contributed by atoms with Gasteiger partial charge < -0.3 is 16.2 Å². The first kappa shape index (κ1) is 14.9. The highest BCUT2D eigenvalue weighted by Crippen LogP contribution is 2.05. The summed E-state index contributed by atoms with van der Waals surface area (Å²) in [6, 6.07) is 0. The van der Waals surface area contributed by atoms with Crippen molar-refractivity contribution in [3.05, 3.63) is 0 Å². The summed E-state index contributed by atoms with van der Waals surface area (Å²) in [5.74, 6) is -1.31. The van der Waals surface area contributed by atoms with E-state index >= 15 is 0 Å². The highest BCUT2D eigenvalue weighted by molar-refractivity contribution is 5.78. The molecule has 0 aliphatic carbocycles. The fourth-order valence-corrected chi connectivity index (χ4v) is 1.35. The molecule has 1 amide bonds. The van der Waals surface area contributed by atoms with Gasteiger partial charge in [0, 0.05) is 19.0 Å². The van der Waals surface area contributed by atoms with Crippen molar-refractivity contribution < 1.29 is 14.7 Å². The molecule has 0 saturated heterocycles. The van der Waals surface area contributed by atoms with Crippen LogP contribution in [0.2, 0.25) is 0 Å². The Hall–Kier alpha value is -1.10. The second-order valence-electron chi connectivity index (χ2n) is 4.01. The van der Waals surface area contributed by atoms with Crippen molar-refractivity contribution in [2.24, 2.45) is 17.6 Å². The van der Waals surface area contributed by atoms with Gasteiger partial charge in [-0.2, -0.15) is 0 Å². The molecule has 2 atom stereocenters. The lowest BCUT2D eigenvalue weighted by Crippen LogP contribution is -2.35. The van der Waals surface area contributed by atoms with Gasteiger partial charge in [0.2, 0.25) is 5.91 Å². The fourth-order valence-electron chi connectivity index (χ4n) is 1.35. The number of nitrogens with one attached hydrogen (secondary N) is 1. The van der Waals surface area contributed by atoms with Crippen LogP contribution in [0.5, 0.6) is 0 Å². The summed E-state index contributed by atoms with van der Waals surface area (Å²) in [5, 5.41) is 11.4. The second-order valence-corrected chi connectivity index (χ2v) is 4.01. The van der Waals surface area contributed by atoms with Gasteiger partial charge in [-0.3, -0.25) is 9.59 Å². The first-order chi connectivity index (χ1) is 7.52. The van der Waals surface area contributed by atoms with Gasteiger partial charge in [0.1, 0.15) is 0 Å². The molecule has 0 fully saturated rings. The van der Waals surface area contributed by atoms with Crippen LogP contribution in [-0.4, -0.2) is 30.1 Å². The van der Waals surface area contributed by atoms with E-state index in [2.05, 4.69) is 5.32 Å². The number of carboxylic acid groups (broad SMARTS) is 1. The second kappa shape index (κ2) is 8.10. The van der Waals surface area contributed by atoms with E-state index in [1.54, 1.807) is 6.92 Å². The average Bonchev–Trinajstić information content (AvgIpc) is 2.25. The smallest absolute Gasteiger partial charge is 0.306 e. The quantitative estimate of drug-likeness (QED) is 0.532. The van der Waals surface area contributed by atoms with E-state index in [0.717, 1.165) is 6.42 Å². The zero-order valence-electron chi connectivity index (χ0n) is 10.0. The van der Waals surface area contributed by atoms with Crippen LogP contribution >= 0.6 is 0 Å². The molecular weight excluding hydrogens is 208 g/mol. The van der Waals surface area contributed by atoms with Gasteiger partial charge in [0.25, 0.3) is 0 Å². The molecule has 0 aliphatic heterocycles. The Morgan fingerprint density at radius 1 is 1.44 bits per heavy atom. The Bertz CT molecular complexity index is 227. The zero-order valence-corrected chi connectivity index (χ0v) is 10.0. The molecule has 0 saturated carbocycles.